The molecule has 0 bridgehead atoms. The van der Waals surface area contributed by atoms with Gasteiger partial charge >= 0.3 is 0 Å². The molecule has 0 saturated carbocycles. The molecule has 2 atom stereocenters. The van der Waals surface area contributed by atoms with E-state index in [1.165, 1.54) is 12.0 Å². The van der Waals surface area contributed by atoms with Crippen molar-refractivity contribution in [1.29, 1.82) is 0 Å². The predicted molar refractivity (Wildman–Crippen MR) is 69.9 cm³/mol. The fourth-order valence-corrected chi connectivity index (χ4v) is 2.83. The van der Waals surface area contributed by atoms with Crippen LogP contribution in [0.3, 0.4) is 0 Å². The molecule has 3 nitrogen and oxygen atoms in total. The van der Waals surface area contributed by atoms with Gasteiger partial charge in [-0.05, 0) is 36.1 Å². The summed E-state index contributed by atoms with van der Waals surface area (Å²) in [7, 11) is 0. The summed E-state index contributed by atoms with van der Waals surface area (Å²) in [5.74, 6) is 1.77. The first-order valence-corrected chi connectivity index (χ1v) is 6.49. The number of rotatable bonds is 3. The Morgan fingerprint density at radius 2 is 2.33 bits per heavy atom. The van der Waals surface area contributed by atoms with Crippen molar-refractivity contribution in [3.05, 3.63) is 54.2 Å². The molecule has 0 unspecified atom stereocenters. The lowest BCUT2D eigenvalue weighted by Crippen LogP contribution is -2.23. The van der Waals surface area contributed by atoms with Gasteiger partial charge in [-0.1, -0.05) is 13.0 Å². The Hall–Kier alpha value is -1.61. The van der Waals surface area contributed by atoms with Gasteiger partial charge < -0.3 is 4.42 Å². The summed E-state index contributed by atoms with van der Waals surface area (Å²) in [5, 5.41) is 0. The van der Waals surface area contributed by atoms with Gasteiger partial charge in [0.2, 0.25) is 0 Å². The molecular formula is C15H18N2O. The second-order valence-electron chi connectivity index (χ2n) is 5.15. The first-order valence-electron chi connectivity index (χ1n) is 6.49. The zero-order chi connectivity index (χ0) is 12.4. The molecule has 3 rings (SSSR count). The van der Waals surface area contributed by atoms with Crippen molar-refractivity contribution < 1.29 is 4.42 Å². The van der Waals surface area contributed by atoms with Crippen LogP contribution < -0.4 is 0 Å². The Morgan fingerprint density at radius 1 is 1.39 bits per heavy atom. The van der Waals surface area contributed by atoms with Gasteiger partial charge in [-0.2, -0.15) is 0 Å². The first-order chi connectivity index (χ1) is 8.83. The van der Waals surface area contributed by atoms with E-state index in [-0.39, 0.29) is 0 Å². The van der Waals surface area contributed by atoms with E-state index in [1.807, 2.05) is 30.6 Å². The van der Waals surface area contributed by atoms with Crippen molar-refractivity contribution in [2.75, 3.05) is 6.54 Å². The van der Waals surface area contributed by atoms with Crippen LogP contribution in [0.5, 0.6) is 0 Å². The molecule has 0 amide bonds. The Morgan fingerprint density at radius 3 is 3.06 bits per heavy atom. The SMILES string of the molecule is C[C@@H]1C[C@@H](c2cccnc2)N(Cc2ccco2)C1. The fraction of sp³-hybridized carbons (Fsp3) is 0.400. The van der Waals surface area contributed by atoms with Crippen molar-refractivity contribution in [1.82, 2.24) is 9.88 Å². The maximum absolute atomic E-state index is 5.46. The second kappa shape index (κ2) is 4.94. The summed E-state index contributed by atoms with van der Waals surface area (Å²) in [5.41, 5.74) is 1.31. The lowest BCUT2D eigenvalue weighted by molar-refractivity contribution is 0.225. The topological polar surface area (TPSA) is 29.3 Å². The largest absolute Gasteiger partial charge is 0.468 e. The van der Waals surface area contributed by atoms with E-state index in [0.29, 0.717) is 6.04 Å². The molecule has 1 saturated heterocycles. The third-order valence-electron chi connectivity index (χ3n) is 3.62. The van der Waals surface area contributed by atoms with Crippen LogP contribution in [0.4, 0.5) is 0 Å². The summed E-state index contributed by atoms with van der Waals surface area (Å²) in [6.45, 7) is 4.32. The molecule has 0 spiro atoms. The van der Waals surface area contributed by atoms with Gasteiger partial charge in [-0.15, -0.1) is 0 Å². The highest BCUT2D eigenvalue weighted by atomic mass is 16.3. The molecule has 2 aromatic heterocycles. The molecule has 94 valence electrons. The van der Waals surface area contributed by atoms with E-state index in [4.69, 9.17) is 4.42 Å². The monoisotopic (exact) mass is 242 g/mol. The minimum Gasteiger partial charge on any atom is -0.468 e. The van der Waals surface area contributed by atoms with Crippen molar-refractivity contribution in [3.63, 3.8) is 0 Å². The van der Waals surface area contributed by atoms with Gasteiger partial charge in [0.05, 0.1) is 12.8 Å². The van der Waals surface area contributed by atoms with Crippen molar-refractivity contribution in [2.24, 2.45) is 5.92 Å². The smallest absolute Gasteiger partial charge is 0.117 e. The molecule has 3 heteroatoms. The number of hydrogen-bond donors (Lipinski definition) is 0. The van der Waals surface area contributed by atoms with E-state index in [2.05, 4.69) is 22.9 Å². The normalized spacial score (nSPS) is 24.5. The predicted octanol–water partition coefficient (Wildman–Crippen LogP) is 3.26. The number of nitrogens with zero attached hydrogens (tertiary/aromatic N) is 2. The van der Waals surface area contributed by atoms with E-state index < -0.39 is 0 Å². The van der Waals surface area contributed by atoms with E-state index in [1.54, 1.807) is 6.26 Å². The molecule has 0 radical (unpaired) electrons. The summed E-state index contributed by atoms with van der Waals surface area (Å²) >= 11 is 0. The number of pyridine rings is 1. The zero-order valence-electron chi connectivity index (χ0n) is 10.6. The van der Waals surface area contributed by atoms with Crippen LogP contribution in [0.2, 0.25) is 0 Å². The highest BCUT2D eigenvalue weighted by Crippen LogP contribution is 2.35. The van der Waals surface area contributed by atoms with Crippen LogP contribution in [-0.4, -0.2) is 16.4 Å². The quantitative estimate of drug-likeness (QED) is 0.827. The molecule has 0 N–H and O–H groups in total. The minimum atomic E-state index is 0.471. The number of hydrogen-bond acceptors (Lipinski definition) is 3. The highest BCUT2D eigenvalue weighted by molar-refractivity contribution is 5.16. The average Bonchev–Trinajstić information content (AvgIpc) is 3.01. The molecule has 1 aliphatic rings. The molecule has 0 aromatic carbocycles. The average molecular weight is 242 g/mol. The Balaban J connectivity index is 1.79. The number of aromatic nitrogens is 1. The summed E-state index contributed by atoms with van der Waals surface area (Å²) < 4.78 is 5.46. The Labute approximate surface area is 107 Å². The molecule has 0 aliphatic carbocycles. The summed E-state index contributed by atoms with van der Waals surface area (Å²) in [6.07, 6.45) is 6.76. The van der Waals surface area contributed by atoms with Crippen LogP contribution >= 0.6 is 0 Å². The molecule has 1 fully saturated rings. The van der Waals surface area contributed by atoms with Crippen LogP contribution in [0.15, 0.2) is 47.3 Å². The van der Waals surface area contributed by atoms with Crippen molar-refractivity contribution >= 4 is 0 Å². The van der Waals surface area contributed by atoms with Gasteiger partial charge in [-0.25, -0.2) is 0 Å². The number of likely N-dealkylation sites (tertiary alicyclic amines) is 1. The standard InChI is InChI=1S/C15H18N2O/c1-12-8-15(13-4-2-6-16-9-13)17(10-12)11-14-5-3-7-18-14/h2-7,9,12,15H,8,10-11H2,1H3/t12-,15+/m1/s1. The highest BCUT2D eigenvalue weighted by Gasteiger charge is 2.31. The van der Waals surface area contributed by atoms with Crippen LogP contribution in [0, 0.1) is 5.92 Å². The lowest BCUT2D eigenvalue weighted by atomic mass is 10.0. The summed E-state index contributed by atoms with van der Waals surface area (Å²) in [6, 6.07) is 8.66. The van der Waals surface area contributed by atoms with Crippen molar-refractivity contribution in [2.45, 2.75) is 25.9 Å². The van der Waals surface area contributed by atoms with Gasteiger partial charge in [0.1, 0.15) is 5.76 Å². The molecule has 1 aliphatic heterocycles. The molecule has 2 aromatic rings. The van der Waals surface area contributed by atoms with Crippen LogP contribution in [0.1, 0.15) is 30.7 Å². The third kappa shape index (κ3) is 2.31. The maximum Gasteiger partial charge on any atom is 0.117 e. The molecular weight excluding hydrogens is 224 g/mol. The van der Waals surface area contributed by atoms with Gasteiger partial charge in [0.15, 0.2) is 0 Å². The van der Waals surface area contributed by atoms with E-state index >= 15 is 0 Å². The second-order valence-corrected chi connectivity index (χ2v) is 5.15. The summed E-state index contributed by atoms with van der Waals surface area (Å²) in [4.78, 5) is 6.72. The minimum absolute atomic E-state index is 0.471. The molecule has 18 heavy (non-hydrogen) atoms. The first kappa shape index (κ1) is 11.5. The van der Waals surface area contributed by atoms with Crippen LogP contribution in [0.25, 0.3) is 0 Å². The maximum atomic E-state index is 5.46. The fourth-order valence-electron chi connectivity index (χ4n) is 2.83. The van der Waals surface area contributed by atoms with Gasteiger partial charge in [0, 0.05) is 25.0 Å². The lowest BCUT2D eigenvalue weighted by Gasteiger charge is -2.23. The molecule has 3 heterocycles. The van der Waals surface area contributed by atoms with E-state index in [0.717, 1.165) is 24.8 Å². The van der Waals surface area contributed by atoms with Gasteiger partial charge in [0.25, 0.3) is 0 Å². The third-order valence-corrected chi connectivity index (χ3v) is 3.62. The Kier molecular flexibility index (Phi) is 3.15. The van der Waals surface area contributed by atoms with Crippen LogP contribution in [-0.2, 0) is 6.54 Å². The van der Waals surface area contributed by atoms with Gasteiger partial charge in [-0.3, -0.25) is 9.88 Å². The Bertz CT molecular complexity index is 480. The zero-order valence-corrected chi connectivity index (χ0v) is 10.6. The van der Waals surface area contributed by atoms with Crippen molar-refractivity contribution in [3.8, 4) is 0 Å². The van der Waals surface area contributed by atoms with E-state index in [9.17, 15) is 0 Å². The number of furan rings is 1.